The molecule has 0 radical (unpaired) electrons. The third-order valence-electron chi connectivity index (χ3n) is 5.35. The molecule has 1 saturated carbocycles. The van der Waals surface area contributed by atoms with Crippen molar-refractivity contribution < 1.29 is 14.0 Å². The average Bonchev–Trinajstić information content (AvgIpc) is 3.12. The number of anilines is 1. The zero-order valence-electron chi connectivity index (χ0n) is 15.4. The number of nitrogens with one attached hydrogen (secondary N) is 1. The maximum Gasteiger partial charge on any atom is 0.257 e. The molecule has 2 aromatic rings. The largest absolute Gasteiger partial charge is 0.466 e. The second kappa shape index (κ2) is 6.67. The fourth-order valence-corrected chi connectivity index (χ4v) is 3.88. The molecule has 3 N–H and O–H groups in total. The molecule has 2 aliphatic rings. The van der Waals surface area contributed by atoms with Gasteiger partial charge in [0.15, 0.2) is 0 Å². The van der Waals surface area contributed by atoms with Gasteiger partial charge in [-0.05, 0) is 49.1 Å². The van der Waals surface area contributed by atoms with Crippen LogP contribution in [0.3, 0.4) is 0 Å². The molecule has 10 heteroatoms. The molecule has 2 aromatic heterocycles. The van der Waals surface area contributed by atoms with Crippen LogP contribution in [0.4, 0.5) is 5.95 Å². The Bertz CT molecular complexity index is 870. The zero-order valence-corrected chi connectivity index (χ0v) is 15.4. The van der Waals surface area contributed by atoms with E-state index >= 15 is 0 Å². The van der Waals surface area contributed by atoms with Crippen LogP contribution in [0, 0.1) is 25.7 Å². The van der Waals surface area contributed by atoms with Crippen LogP contribution < -0.4 is 11.1 Å². The smallest absolute Gasteiger partial charge is 0.257 e. The van der Waals surface area contributed by atoms with Crippen LogP contribution in [0.1, 0.15) is 34.7 Å². The van der Waals surface area contributed by atoms with Crippen molar-refractivity contribution >= 4 is 17.8 Å². The number of aromatic nitrogens is 4. The SMILES string of the molecule is Cc1cc(C(=O)N2CC(NC(=O)Cn3nnnc3N)C(C3CC3)C2)c(C)o1. The highest BCUT2D eigenvalue weighted by Gasteiger charge is 2.44. The number of nitrogen functional groups attached to an aromatic ring is 1. The minimum absolute atomic E-state index is 0.0410. The molecule has 2 unspecified atom stereocenters. The molecule has 0 spiro atoms. The van der Waals surface area contributed by atoms with Gasteiger partial charge in [0.1, 0.15) is 18.1 Å². The van der Waals surface area contributed by atoms with Crippen molar-refractivity contribution in [1.82, 2.24) is 30.4 Å². The van der Waals surface area contributed by atoms with Crippen molar-refractivity contribution in [2.45, 2.75) is 39.3 Å². The van der Waals surface area contributed by atoms with Crippen molar-refractivity contribution in [2.24, 2.45) is 11.8 Å². The molecule has 27 heavy (non-hydrogen) atoms. The second-order valence-corrected chi connectivity index (χ2v) is 7.41. The van der Waals surface area contributed by atoms with E-state index in [1.807, 2.05) is 11.8 Å². The number of furan rings is 1. The van der Waals surface area contributed by atoms with Crippen LogP contribution in [-0.4, -0.2) is 56.1 Å². The predicted molar refractivity (Wildman–Crippen MR) is 94.5 cm³/mol. The molecule has 2 fully saturated rings. The molecular formula is C17H23N7O3. The summed E-state index contributed by atoms with van der Waals surface area (Å²) in [5.41, 5.74) is 6.20. The summed E-state index contributed by atoms with van der Waals surface area (Å²) in [6.07, 6.45) is 2.28. The number of hydrogen-bond acceptors (Lipinski definition) is 7. The lowest BCUT2D eigenvalue weighted by molar-refractivity contribution is -0.122. The Morgan fingerprint density at radius 2 is 2.11 bits per heavy atom. The van der Waals surface area contributed by atoms with Gasteiger partial charge in [0, 0.05) is 19.0 Å². The predicted octanol–water partition coefficient (Wildman–Crippen LogP) is 0.132. The lowest BCUT2D eigenvalue weighted by Gasteiger charge is -2.19. The topological polar surface area (TPSA) is 132 Å². The van der Waals surface area contributed by atoms with E-state index < -0.39 is 0 Å². The highest BCUT2D eigenvalue weighted by Crippen LogP contribution is 2.41. The fraction of sp³-hybridized carbons (Fsp3) is 0.588. The zero-order chi connectivity index (χ0) is 19.1. The Balaban J connectivity index is 1.44. The second-order valence-electron chi connectivity index (χ2n) is 7.41. The maximum atomic E-state index is 12.9. The third-order valence-corrected chi connectivity index (χ3v) is 5.35. The Morgan fingerprint density at radius 1 is 1.33 bits per heavy atom. The lowest BCUT2D eigenvalue weighted by atomic mass is 9.98. The van der Waals surface area contributed by atoms with E-state index in [0.29, 0.717) is 30.3 Å². The van der Waals surface area contributed by atoms with Crippen molar-refractivity contribution in [1.29, 1.82) is 0 Å². The Kier molecular flexibility index (Phi) is 4.33. The number of carbonyl (C=O) groups is 2. The monoisotopic (exact) mass is 373 g/mol. The Labute approximate surface area is 156 Å². The number of aryl methyl sites for hydroxylation is 2. The Hall–Kier alpha value is -2.91. The van der Waals surface area contributed by atoms with Gasteiger partial charge in [0.25, 0.3) is 5.91 Å². The summed E-state index contributed by atoms with van der Waals surface area (Å²) in [5, 5.41) is 13.7. The van der Waals surface area contributed by atoms with Crippen LogP contribution >= 0.6 is 0 Å². The quantitative estimate of drug-likeness (QED) is 0.761. The van der Waals surface area contributed by atoms with Gasteiger partial charge in [-0.25, -0.2) is 4.68 Å². The van der Waals surface area contributed by atoms with Crippen LogP contribution in [0.25, 0.3) is 0 Å². The van der Waals surface area contributed by atoms with Crippen molar-refractivity contribution in [2.75, 3.05) is 18.8 Å². The molecule has 1 aliphatic carbocycles. The summed E-state index contributed by atoms with van der Waals surface area (Å²) in [5.74, 6) is 2.00. The number of carbonyl (C=O) groups excluding carboxylic acids is 2. The van der Waals surface area contributed by atoms with Crippen molar-refractivity contribution in [3.63, 3.8) is 0 Å². The summed E-state index contributed by atoms with van der Waals surface area (Å²) in [4.78, 5) is 27.1. The highest BCUT2D eigenvalue weighted by molar-refractivity contribution is 5.95. The molecule has 10 nitrogen and oxygen atoms in total. The number of nitrogens with two attached hydrogens (primary N) is 1. The number of tetrazole rings is 1. The number of likely N-dealkylation sites (tertiary alicyclic amines) is 1. The minimum Gasteiger partial charge on any atom is -0.466 e. The van der Waals surface area contributed by atoms with Gasteiger partial charge in [-0.2, -0.15) is 0 Å². The van der Waals surface area contributed by atoms with E-state index in [-0.39, 0.29) is 36.3 Å². The van der Waals surface area contributed by atoms with Gasteiger partial charge in [-0.3, -0.25) is 9.59 Å². The summed E-state index contributed by atoms with van der Waals surface area (Å²) in [6, 6.07) is 1.69. The van der Waals surface area contributed by atoms with Crippen molar-refractivity contribution in [3.05, 3.63) is 23.2 Å². The normalized spacial score (nSPS) is 22.2. The number of amides is 2. The molecule has 3 heterocycles. The van der Waals surface area contributed by atoms with Gasteiger partial charge in [-0.15, -0.1) is 0 Å². The van der Waals surface area contributed by atoms with Gasteiger partial charge in [0.2, 0.25) is 11.9 Å². The summed E-state index contributed by atoms with van der Waals surface area (Å²) < 4.78 is 6.74. The van der Waals surface area contributed by atoms with E-state index in [2.05, 4.69) is 20.8 Å². The molecule has 144 valence electrons. The van der Waals surface area contributed by atoms with Gasteiger partial charge < -0.3 is 20.4 Å². The van der Waals surface area contributed by atoms with Crippen molar-refractivity contribution in [3.8, 4) is 0 Å². The van der Waals surface area contributed by atoms with E-state index in [4.69, 9.17) is 10.2 Å². The number of hydrogen-bond donors (Lipinski definition) is 2. The molecular weight excluding hydrogens is 350 g/mol. The van der Waals surface area contributed by atoms with Gasteiger partial charge >= 0.3 is 0 Å². The lowest BCUT2D eigenvalue weighted by Crippen LogP contribution is -2.43. The Morgan fingerprint density at radius 3 is 2.70 bits per heavy atom. The summed E-state index contributed by atoms with van der Waals surface area (Å²) in [7, 11) is 0. The van der Waals surface area contributed by atoms with Crippen LogP contribution in [0.2, 0.25) is 0 Å². The standard InChI is InChI=1S/C17H23N7O3/c1-9-5-12(10(2)27-9)16(26)23-6-13(11-3-4-11)14(7-23)19-15(25)8-24-17(18)20-21-22-24/h5,11,13-14H,3-4,6-8H2,1-2H3,(H,19,25)(H2,18,20,22). The number of rotatable bonds is 5. The average molecular weight is 373 g/mol. The van der Waals surface area contributed by atoms with E-state index in [1.54, 1.807) is 13.0 Å². The van der Waals surface area contributed by atoms with E-state index in [0.717, 1.165) is 18.6 Å². The van der Waals surface area contributed by atoms with E-state index in [9.17, 15) is 9.59 Å². The van der Waals surface area contributed by atoms with Gasteiger partial charge in [0.05, 0.1) is 11.6 Å². The first kappa shape index (κ1) is 17.5. The molecule has 1 aliphatic heterocycles. The molecule has 2 atom stereocenters. The summed E-state index contributed by atoms with van der Waals surface area (Å²) >= 11 is 0. The van der Waals surface area contributed by atoms with Crippen LogP contribution in [0.15, 0.2) is 10.5 Å². The molecule has 0 aromatic carbocycles. The first-order chi connectivity index (χ1) is 12.9. The first-order valence-electron chi connectivity index (χ1n) is 9.09. The van der Waals surface area contributed by atoms with Crippen LogP contribution in [0.5, 0.6) is 0 Å². The molecule has 4 rings (SSSR count). The molecule has 2 amide bonds. The fourth-order valence-electron chi connectivity index (χ4n) is 3.88. The van der Waals surface area contributed by atoms with E-state index in [1.165, 1.54) is 4.68 Å². The molecule has 0 bridgehead atoms. The highest BCUT2D eigenvalue weighted by atomic mass is 16.3. The van der Waals surface area contributed by atoms with Gasteiger partial charge in [-0.1, -0.05) is 5.10 Å². The number of nitrogens with zero attached hydrogens (tertiary/aromatic N) is 5. The van der Waals surface area contributed by atoms with Crippen LogP contribution in [-0.2, 0) is 11.3 Å². The molecule has 1 saturated heterocycles. The summed E-state index contributed by atoms with van der Waals surface area (Å²) in [6.45, 7) is 4.71. The minimum atomic E-state index is -0.214. The maximum absolute atomic E-state index is 12.9. The third kappa shape index (κ3) is 3.51. The first-order valence-corrected chi connectivity index (χ1v) is 9.09.